The first-order chi connectivity index (χ1) is 12.1. The predicted molar refractivity (Wildman–Crippen MR) is 93.4 cm³/mol. The largest absolute Gasteiger partial charge is 0.490 e. The van der Waals surface area contributed by atoms with Crippen molar-refractivity contribution in [2.75, 3.05) is 19.8 Å². The fraction of sp³-hybridized carbons (Fsp3) is 0.333. The average Bonchev–Trinajstić information content (AvgIpc) is 3.29. The van der Waals surface area contributed by atoms with Gasteiger partial charge < -0.3 is 18.8 Å². The second-order valence-electron chi connectivity index (χ2n) is 5.61. The number of halogens is 1. The number of carbonyl (C=O) groups excluding carboxylic acids is 2. The highest BCUT2D eigenvalue weighted by Crippen LogP contribution is 2.22. The van der Waals surface area contributed by atoms with Crippen LogP contribution in [0.15, 0.2) is 51.6 Å². The molecule has 0 N–H and O–H groups in total. The molecule has 0 unspecified atom stereocenters. The number of esters is 1. The molecule has 1 aliphatic rings. The van der Waals surface area contributed by atoms with Gasteiger partial charge in [0.25, 0.3) is 5.91 Å². The van der Waals surface area contributed by atoms with E-state index in [-0.39, 0.29) is 24.9 Å². The molecule has 1 amide bonds. The van der Waals surface area contributed by atoms with Gasteiger partial charge in [0.2, 0.25) is 0 Å². The molecule has 1 aromatic carbocycles. The van der Waals surface area contributed by atoms with Gasteiger partial charge in [0.15, 0.2) is 5.76 Å². The Labute approximate surface area is 153 Å². The van der Waals surface area contributed by atoms with Crippen LogP contribution in [0, 0.1) is 0 Å². The van der Waals surface area contributed by atoms with E-state index in [1.54, 1.807) is 12.1 Å². The third-order valence-corrected chi connectivity index (χ3v) is 4.40. The van der Waals surface area contributed by atoms with Crippen LogP contribution < -0.4 is 4.74 Å². The molecule has 25 heavy (non-hydrogen) atoms. The molecule has 2 aromatic rings. The Hall–Kier alpha value is -2.28. The topological polar surface area (TPSA) is 69.0 Å². The first-order valence-electron chi connectivity index (χ1n) is 8.04. The number of nitrogens with zero attached hydrogens (tertiary/aromatic N) is 1. The quantitative estimate of drug-likeness (QED) is 0.542. The van der Waals surface area contributed by atoms with Crippen LogP contribution in [0.5, 0.6) is 5.75 Å². The van der Waals surface area contributed by atoms with Crippen molar-refractivity contribution in [3.05, 3.63) is 52.9 Å². The lowest BCUT2D eigenvalue weighted by atomic mass is 10.2. The number of ether oxygens (including phenoxy) is 2. The minimum Gasteiger partial charge on any atom is -0.490 e. The third kappa shape index (κ3) is 4.42. The van der Waals surface area contributed by atoms with Crippen molar-refractivity contribution in [2.24, 2.45) is 0 Å². The molecule has 1 saturated heterocycles. The minimum atomic E-state index is -0.566. The Balaban J connectivity index is 1.48. The van der Waals surface area contributed by atoms with Crippen LogP contribution in [0.3, 0.4) is 0 Å². The lowest BCUT2D eigenvalue weighted by Gasteiger charge is -2.22. The second kappa shape index (κ2) is 8.20. The van der Waals surface area contributed by atoms with Crippen LogP contribution in [0.1, 0.15) is 23.4 Å². The highest BCUT2D eigenvalue weighted by molar-refractivity contribution is 9.10. The summed E-state index contributed by atoms with van der Waals surface area (Å²) in [5.41, 5.74) is 0. The SMILES string of the molecule is O=C(OCCOc1cccc(Br)c1)[C@@H]1CCCN1C(=O)c1ccco1. The van der Waals surface area contributed by atoms with E-state index in [0.29, 0.717) is 18.7 Å². The number of benzene rings is 1. The smallest absolute Gasteiger partial charge is 0.328 e. The standard InChI is InChI=1S/C18H18BrNO5/c19-13-4-1-5-14(12-13)23-10-11-25-18(22)15-6-2-8-20(15)17(21)16-7-3-9-24-16/h1,3-5,7,9,12,15H,2,6,8,10-11H2/t15-/m0/s1. The summed E-state index contributed by atoms with van der Waals surface area (Å²) in [6.45, 7) is 0.902. The van der Waals surface area contributed by atoms with Gasteiger partial charge in [-0.25, -0.2) is 4.79 Å². The maximum atomic E-state index is 12.4. The molecule has 2 heterocycles. The fourth-order valence-corrected chi connectivity index (χ4v) is 3.13. The van der Waals surface area contributed by atoms with E-state index in [1.807, 2.05) is 24.3 Å². The number of furan rings is 1. The molecular formula is C18H18BrNO5. The summed E-state index contributed by atoms with van der Waals surface area (Å²) in [4.78, 5) is 26.2. The van der Waals surface area contributed by atoms with E-state index < -0.39 is 12.0 Å². The number of hydrogen-bond donors (Lipinski definition) is 0. The number of likely N-dealkylation sites (tertiary alicyclic amines) is 1. The number of rotatable bonds is 6. The summed E-state index contributed by atoms with van der Waals surface area (Å²) in [7, 11) is 0. The maximum absolute atomic E-state index is 12.4. The van der Waals surface area contributed by atoms with Gasteiger partial charge in [-0.05, 0) is 43.2 Å². The molecule has 7 heteroatoms. The van der Waals surface area contributed by atoms with E-state index >= 15 is 0 Å². The normalized spacial score (nSPS) is 16.7. The molecule has 6 nitrogen and oxygen atoms in total. The number of amides is 1. The van der Waals surface area contributed by atoms with Gasteiger partial charge in [0.05, 0.1) is 6.26 Å². The molecule has 0 radical (unpaired) electrons. The first kappa shape index (κ1) is 17.5. The van der Waals surface area contributed by atoms with Gasteiger partial charge in [-0.3, -0.25) is 4.79 Å². The Kier molecular flexibility index (Phi) is 5.75. The monoisotopic (exact) mass is 407 g/mol. The van der Waals surface area contributed by atoms with E-state index in [0.717, 1.165) is 10.9 Å². The highest BCUT2D eigenvalue weighted by Gasteiger charge is 2.36. The molecule has 1 atom stereocenters. The zero-order chi connectivity index (χ0) is 17.6. The summed E-state index contributed by atoms with van der Waals surface area (Å²) < 4.78 is 16.8. The van der Waals surface area contributed by atoms with Gasteiger partial charge in [-0.1, -0.05) is 22.0 Å². The molecule has 132 valence electrons. The molecule has 0 aliphatic carbocycles. The van der Waals surface area contributed by atoms with Crippen molar-refractivity contribution in [2.45, 2.75) is 18.9 Å². The second-order valence-corrected chi connectivity index (χ2v) is 6.52. The van der Waals surface area contributed by atoms with Crippen molar-refractivity contribution >= 4 is 27.8 Å². The molecule has 1 aromatic heterocycles. The van der Waals surface area contributed by atoms with Crippen molar-refractivity contribution in [1.29, 1.82) is 0 Å². The van der Waals surface area contributed by atoms with Crippen molar-refractivity contribution in [1.82, 2.24) is 4.90 Å². The lowest BCUT2D eigenvalue weighted by Crippen LogP contribution is -2.41. The Morgan fingerprint density at radius 2 is 2.12 bits per heavy atom. The summed E-state index contributed by atoms with van der Waals surface area (Å²) in [5, 5.41) is 0. The molecule has 0 saturated carbocycles. The Morgan fingerprint density at radius 1 is 1.24 bits per heavy atom. The summed E-state index contributed by atoms with van der Waals surface area (Å²) in [6, 6.07) is 10.1. The summed E-state index contributed by atoms with van der Waals surface area (Å²) in [6.07, 6.45) is 2.80. The fourth-order valence-electron chi connectivity index (χ4n) is 2.75. The first-order valence-corrected chi connectivity index (χ1v) is 8.84. The van der Waals surface area contributed by atoms with Gasteiger partial charge in [-0.15, -0.1) is 0 Å². The van der Waals surface area contributed by atoms with Crippen LogP contribution in [0.4, 0.5) is 0 Å². The lowest BCUT2D eigenvalue weighted by molar-refractivity contribution is -0.148. The van der Waals surface area contributed by atoms with Crippen LogP contribution >= 0.6 is 15.9 Å². The molecule has 3 rings (SSSR count). The molecule has 1 aliphatic heterocycles. The van der Waals surface area contributed by atoms with Gasteiger partial charge >= 0.3 is 5.97 Å². The molecule has 0 bridgehead atoms. The molecule has 0 spiro atoms. The van der Waals surface area contributed by atoms with Crippen molar-refractivity contribution in [3.63, 3.8) is 0 Å². The van der Waals surface area contributed by atoms with Gasteiger partial charge in [0, 0.05) is 11.0 Å². The number of carbonyl (C=O) groups is 2. The van der Waals surface area contributed by atoms with Crippen LogP contribution in [-0.2, 0) is 9.53 Å². The Morgan fingerprint density at radius 3 is 2.88 bits per heavy atom. The van der Waals surface area contributed by atoms with Crippen molar-refractivity contribution < 1.29 is 23.5 Å². The Bertz CT molecular complexity index is 731. The predicted octanol–water partition coefficient (Wildman–Crippen LogP) is 3.27. The van der Waals surface area contributed by atoms with E-state index in [9.17, 15) is 9.59 Å². The third-order valence-electron chi connectivity index (χ3n) is 3.91. The number of hydrogen-bond acceptors (Lipinski definition) is 5. The van der Waals surface area contributed by atoms with Crippen LogP contribution in [-0.4, -0.2) is 42.6 Å². The van der Waals surface area contributed by atoms with Crippen LogP contribution in [0.2, 0.25) is 0 Å². The van der Waals surface area contributed by atoms with E-state index in [1.165, 1.54) is 11.2 Å². The zero-order valence-corrected chi connectivity index (χ0v) is 15.1. The average molecular weight is 408 g/mol. The molecule has 1 fully saturated rings. The van der Waals surface area contributed by atoms with E-state index in [4.69, 9.17) is 13.9 Å². The minimum absolute atomic E-state index is 0.130. The van der Waals surface area contributed by atoms with Gasteiger partial charge in [-0.2, -0.15) is 0 Å². The van der Waals surface area contributed by atoms with Crippen LogP contribution in [0.25, 0.3) is 0 Å². The summed E-state index contributed by atoms with van der Waals surface area (Å²) in [5.74, 6) is 0.240. The molecular weight excluding hydrogens is 390 g/mol. The van der Waals surface area contributed by atoms with Crippen molar-refractivity contribution in [3.8, 4) is 5.75 Å². The van der Waals surface area contributed by atoms with Gasteiger partial charge in [0.1, 0.15) is 25.0 Å². The maximum Gasteiger partial charge on any atom is 0.328 e. The summed E-state index contributed by atoms with van der Waals surface area (Å²) >= 11 is 3.36. The zero-order valence-electron chi connectivity index (χ0n) is 13.5. The van der Waals surface area contributed by atoms with E-state index in [2.05, 4.69) is 15.9 Å². The highest BCUT2D eigenvalue weighted by atomic mass is 79.9.